The molecule has 0 aliphatic carbocycles. The molecule has 3 aromatic rings. The van der Waals surface area contributed by atoms with E-state index in [2.05, 4.69) is 42.1 Å². The summed E-state index contributed by atoms with van der Waals surface area (Å²) in [7, 11) is 0. The van der Waals surface area contributed by atoms with Crippen LogP contribution in [0.5, 0.6) is 5.75 Å². The van der Waals surface area contributed by atoms with Gasteiger partial charge in [-0.05, 0) is 84.8 Å². The zero-order chi connectivity index (χ0) is 35.2. The van der Waals surface area contributed by atoms with Gasteiger partial charge in [-0.25, -0.2) is 0 Å². The van der Waals surface area contributed by atoms with Crippen LogP contribution in [0.25, 0.3) is 0 Å². The van der Waals surface area contributed by atoms with Gasteiger partial charge in [-0.15, -0.1) is 0 Å². The second-order valence-corrected chi connectivity index (χ2v) is 11.8. The molecule has 0 radical (unpaired) electrons. The average molecular weight is 690 g/mol. The van der Waals surface area contributed by atoms with Crippen molar-refractivity contribution >= 4 is 53.6 Å². The van der Waals surface area contributed by atoms with Crippen LogP contribution in [-0.2, 0) is 11.3 Å². The van der Waals surface area contributed by atoms with E-state index in [1.165, 1.54) is 24.3 Å². The van der Waals surface area contributed by atoms with E-state index in [4.69, 9.17) is 22.1 Å². The molecule has 3 aromatic carbocycles. The molecule has 0 fully saturated rings. The molecule has 5 N–H and O–H groups in total. The molecule has 0 atom stereocenters. The number of ether oxygens (including phenoxy) is 2. The Morgan fingerprint density at radius 2 is 1.81 bits per heavy atom. The van der Waals surface area contributed by atoms with E-state index in [0.717, 1.165) is 17.6 Å². The minimum atomic E-state index is -4.57. The number of benzene rings is 3. The van der Waals surface area contributed by atoms with Gasteiger partial charge >= 0.3 is 12.2 Å². The molecule has 0 saturated heterocycles. The van der Waals surface area contributed by atoms with Gasteiger partial charge in [-0.1, -0.05) is 31.5 Å². The third-order valence-corrected chi connectivity index (χ3v) is 7.03. The predicted octanol–water partition coefficient (Wildman–Crippen LogP) is 6.63. The lowest BCUT2D eigenvalue weighted by Gasteiger charge is -2.34. The van der Waals surface area contributed by atoms with Gasteiger partial charge in [0.2, 0.25) is 0 Å². The van der Waals surface area contributed by atoms with E-state index < -0.39 is 24.2 Å². The lowest BCUT2D eigenvalue weighted by Crippen LogP contribution is -2.43. The number of nitrogens with zero attached hydrogens (tertiary/aromatic N) is 4. The minimum Gasteiger partial charge on any atom is -0.492 e. The Morgan fingerprint density at radius 3 is 2.42 bits per heavy atom. The highest BCUT2D eigenvalue weighted by molar-refractivity contribution is 6.32. The van der Waals surface area contributed by atoms with Crippen molar-refractivity contribution in [2.24, 2.45) is 26.1 Å². The summed E-state index contributed by atoms with van der Waals surface area (Å²) in [4.78, 5) is 26.4. The molecule has 48 heavy (non-hydrogen) atoms. The van der Waals surface area contributed by atoms with Crippen molar-refractivity contribution in [1.82, 2.24) is 5.32 Å². The molecule has 0 aliphatic heterocycles. The summed E-state index contributed by atoms with van der Waals surface area (Å²) in [5.41, 5.74) is 9.89. The maximum Gasteiger partial charge on any atom is 0.422 e. The Kier molecular flexibility index (Phi) is 14.1. The molecule has 0 saturated carbocycles. The van der Waals surface area contributed by atoms with Crippen molar-refractivity contribution in [3.8, 4) is 5.75 Å². The zero-order valence-corrected chi connectivity index (χ0v) is 27.4. The lowest BCUT2D eigenvalue weighted by atomic mass is 9.92. The number of carbonyl (C=O) groups is 1. The standard InChI is InChI=1S/C33H39ClF3N7O4/c1-32(2,19-40-30(45)24-6-8-25(9-7-24)42-31(41-22-38)48-21-33(35,36)37)20-44(27-12-10-26(43-46)11-13-27)15-4-16-47-29-14-5-23(18-39-3)17-28(29)34/h5-14,17,22,43,46H,3-4,15-16,18-21H2,1-2H3,(H,40,45)(H2,38,41,42). The van der Waals surface area contributed by atoms with Crippen molar-refractivity contribution in [3.63, 3.8) is 0 Å². The first kappa shape index (κ1) is 37.6. The molecule has 0 bridgehead atoms. The molecule has 1 amide bonds. The van der Waals surface area contributed by atoms with E-state index >= 15 is 0 Å². The van der Waals surface area contributed by atoms with E-state index in [0.29, 0.717) is 61.2 Å². The van der Waals surface area contributed by atoms with Crippen LogP contribution in [0.15, 0.2) is 81.7 Å². The summed E-state index contributed by atoms with van der Waals surface area (Å²) in [6.45, 7) is 8.39. The number of anilines is 2. The minimum absolute atomic E-state index is 0.223. The van der Waals surface area contributed by atoms with Crippen LogP contribution in [0, 0.1) is 5.41 Å². The fourth-order valence-electron chi connectivity index (χ4n) is 4.47. The second-order valence-electron chi connectivity index (χ2n) is 11.4. The maximum absolute atomic E-state index is 13.0. The third-order valence-electron chi connectivity index (χ3n) is 6.73. The number of alkyl halides is 3. The number of amidine groups is 1. The Hall–Kier alpha value is -4.82. The van der Waals surface area contributed by atoms with Gasteiger partial charge in [0.05, 0.1) is 35.9 Å². The number of carbonyl (C=O) groups excluding carboxylic acids is 1. The van der Waals surface area contributed by atoms with E-state index in [1.54, 1.807) is 18.2 Å². The number of halogens is 4. The summed E-state index contributed by atoms with van der Waals surface area (Å²) < 4.78 is 48.1. The number of amides is 1. The van der Waals surface area contributed by atoms with Crippen molar-refractivity contribution in [1.29, 1.82) is 0 Å². The van der Waals surface area contributed by atoms with Crippen molar-refractivity contribution in [2.45, 2.75) is 33.0 Å². The number of rotatable bonds is 16. The molecule has 258 valence electrons. The monoisotopic (exact) mass is 689 g/mol. The van der Waals surface area contributed by atoms with E-state index in [1.807, 2.05) is 38.1 Å². The van der Waals surface area contributed by atoms with Crippen LogP contribution in [0.2, 0.25) is 5.02 Å². The molecule has 15 heteroatoms. The fourth-order valence-corrected chi connectivity index (χ4v) is 4.73. The topological polar surface area (TPSA) is 146 Å². The molecule has 0 unspecified atom stereocenters. The van der Waals surface area contributed by atoms with Gasteiger partial charge in [0.15, 0.2) is 6.61 Å². The van der Waals surface area contributed by atoms with Crippen LogP contribution in [-0.4, -0.2) is 69.2 Å². The molecule has 0 heterocycles. The van der Waals surface area contributed by atoms with Gasteiger partial charge in [-0.2, -0.15) is 23.2 Å². The summed E-state index contributed by atoms with van der Waals surface area (Å²) in [6.07, 6.45) is -3.13. The number of hydrogen-bond donors (Lipinski definition) is 4. The SMILES string of the molecule is C=NCc1ccc(OCCCN(CC(C)(C)CNC(=O)c2ccc(N=C(/N=C/N)OCC(F)(F)F)cc2)c2ccc(NO)cc2)c(Cl)c1. The van der Waals surface area contributed by atoms with Crippen LogP contribution in [0.3, 0.4) is 0 Å². The highest BCUT2D eigenvalue weighted by Gasteiger charge is 2.29. The van der Waals surface area contributed by atoms with E-state index in [9.17, 15) is 23.2 Å². The summed E-state index contributed by atoms with van der Waals surface area (Å²) >= 11 is 6.37. The zero-order valence-electron chi connectivity index (χ0n) is 26.6. The van der Waals surface area contributed by atoms with Crippen molar-refractivity contribution in [2.75, 3.05) is 43.2 Å². The van der Waals surface area contributed by atoms with E-state index in [-0.39, 0.29) is 11.6 Å². The average Bonchev–Trinajstić information content (AvgIpc) is 3.05. The van der Waals surface area contributed by atoms with Crippen LogP contribution in [0.4, 0.5) is 30.2 Å². The lowest BCUT2D eigenvalue weighted by molar-refractivity contribution is -0.156. The Labute approximate surface area is 282 Å². The van der Waals surface area contributed by atoms with Crippen LogP contribution < -0.4 is 26.2 Å². The molecule has 3 rings (SSSR count). The maximum atomic E-state index is 13.0. The molecule has 0 aromatic heterocycles. The van der Waals surface area contributed by atoms with Gasteiger partial charge < -0.3 is 25.4 Å². The molecule has 11 nitrogen and oxygen atoms in total. The number of nitrogens with two attached hydrogens (primary N) is 1. The Morgan fingerprint density at radius 1 is 1.10 bits per heavy atom. The molecule has 0 spiro atoms. The normalized spacial score (nSPS) is 12.1. The Bertz CT molecular complexity index is 1550. The third kappa shape index (κ3) is 12.8. The Balaban J connectivity index is 1.61. The summed E-state index contributed by atoms with van der Waals surface area (Å²) in [5.74, 6) is 0.244. The van der Waals surface area contributed by atoms with Crippen LogP contribution in [0.1, 0.15) is 36.2 Å². The number of hydrogen-bond acceptors (Lipinski definition) is 8. The largest absolute Gasteiger partial charge is 0.492 e. The first-order valence-electron chi connectivity index (χ1n) is 14.8. The number of aliphatic imine (C=N–C) groups is 3. The highest BCUT2D eigenvalue weighted by Crippen LogP contribution is 2.27. The molecular formula is C33H39ClF3N7O4. The highest BCUT2D eigenvalue weighted by atomic mass is 35.5. The van der Waals surface area contributed by atoms with Gasteiger partial charge in [-0.3, -0.25) is 20.5 Å². The second kappa shape index (κ2) is 17.9. The summed E-state index contributed by atoms with van der Waals surface area (Å²) in [6, 6.07) is 18.1. The first-order valence-corrected chi connectivity index (χ1v) is 15.2. The van der Waals surface area contributed by atoms with Crippen molar-refractivity contribution in [3.05, 3.63) is 82.9 Å². The molecular weight excluding hydrogens is 651 g/mol. The van der Waals surface area contributed by atoms with Crippen LogP contribution >= 0.6 is 11.6 Å². The van der Waals surface area contributed by atoms with Gasteiger partial charge in [0.25, 0.3) is 5.91 Å². The van der Waals surface area contributed by atoms with Gasteiger partial charge in [0, 0.05) is 30.9 Å². The fraction of sp³-hybridized carbons (Fsp3) is 0.333. The predicted molar refractivity (Wildman–Crippen MR) is 183 cm³/mol. The number of nitrogens with one attached hydrogen (secondary N) is 2. The van der Waals surface area contributed by atoms with Crippen molar-refractivity contribution < 1.29 is 32.6 Å². The first-order chi connectivity index (χ1) is 22.8. The smallest absolute Gasteiger partial charge is 0.422 e. The van der Waals surface area contributed by atoms with Gasteiger partial charge in [0.1, 0.15) is 5.75 Å². The summed E-state index contributed by atoms with van der Waals surface area (Å²) in [5, 5.41) is 12.7. The molecule has 0 aliphatic rings. The quantitative estimate of drug-likeness (QED) is 0.0572.